The van der Waals surface area contributed by atoms with Crippen LogP contribution in [0.1, 0.15) is 31.2 Å². The standard InChI is InChI=1S/C21H20ClNO4/c1-14(2)25-12-17-13-26-21(23-17)18-10-16(22)8-9-19(18)27-20(11-24)15-6-4-3-5-7-15/h3-11,13-14,20H,12H2,1-2H3. The minimum atomic E-state index is -0.746. The Bertz CT molecular complexity index is 892. The van der Waals surface area contributed by atoms with Crippen molar-refractivity contribution in [1.29, 1.82) is 0 Å². The summed E-state index contributed by atoms with van der Waals surface area (Å²) in [7, 11) is 0. The van der Waals surface area contributed by atoms with Gasteiger partial charge < -0.3 is 13.9 Å². The minimum absolute atomic E-state index is 0.0921. The first kappa shape index (κ1) is 19.1. The lowest BCUT2D eigenvalue weighted by atomic mass is 10.1. The number of halogens is 1. The Kier molecular flexibility index (Phi) is 6.27. The van der Waals surface area contributed by atoms with Gasteiger partial charge in [0.25, 0.3) is 0 Å². The molecule has 0 saturated carbocycles. The molecule has 1 unspecified atom stereocenters. The van der Waals surface area contributed by atoms with Crippen LogP contribution in [0.2, 0.25) is 5.02 Å². The number of nitrogens with zero attached hydrogens (tertiary/aromatic N) is 1. The molecule has 6 heteroatoms. The van der Waals surface area contributed by atoms with E-state index in [1.165, 1.54) is 6.26 Å². The molecule has 3 rings (SSSR count). The van der Waals surface area contributed by atoms with Crippen LogP contribution < -0.4 is 4.74 Å². The molecular formula is C21H20ClNO4. The lowest BCUT2D eigenvalue weighted by molar-refractivity contribution is -0.113. The van der Waals surface area contributed by atoms with Crippen LogP contribution in [-0.2, 0) is 16.1 Å². The number of ether oxygens (including phenoxy) is 2. The van der Waals surface area contributed by atoms with Gasteiger partial charge in [-0.05, 0) is 37.6 Å². The molecule has 0 N–H and O–H groups in total. The highest BCUT2D eigenvalue weighted by atomic mass is 35.5. The molecule has 5 nitrogen and oxygen atoms in total. The summed E-state index contributed by atoms with van der Waals surface area (Å²) in [5, 5.41) is 0.512. The smallest absolute Gasteiger partial charge is 0.230 e. The van der Waals surface area contributed by atoms with Gasteiger partial charge in [0.05, 0.1) is 18.3 Å². The van der Waals surface area contributed by atoms with Crippen LogP contribution in [0.4, 0.5) is 0 Å². The Morgan fingerprint density at radius 1 is 1.19 bits per heavy atom. The van der Waals surface area contributed by atoms with Gasteiger partial charge in [0.1, 0.15) is 17.7 Å². The third kappa shape index (κ3) is 4.96. The molecule has 0 spiro atoms. The van der Waals surface area contributed by atoms with E-state index in [2.05, 4.69) is 4.98 Å². The zero-order valence-corrected chi connectivity index (χ0v) is 15.8. The molecule has 2 aromatic carbocycles. The van der Waals surface area contributed by atoms with Gasteiger partial charge in [0.15, 0.2) is 12.4 Å². The molecule has 0 bridgehead atoms. The number of carbonyl (C=O) groups excluding carboxylic acids is 1. The number of benzene rings is 2. The number of aromatic nitrogens is 1. The van der Waals surface area contributed by atoms with Crippen molar-refractivity contribution < 1.29 is 18.7 Å². The molecule has 27 heavy (non-hydrogen) atoms. The quantitative estimate of drug-likeness (QED) is 0.496. The minimum Gasteiger partial charge on any atom is -0.477 e. The van der Waals surface area contributed by atoms with Crippen LogP contribution in [0.25, 0.3) is 11.5 Å². The van der Waals surface area contributed by atoms with Crippen molar-refractivity contribution in [2.45, 2.75) is 32.7 Å². The Morgan fingerprint density at radius 3 is 2.67 bits per heavy atom. The van der Waals surface area contributed by atoms with Crippen molar-refractivity contribution in [3.63, 3.8) is 0 Å². The van der Waals surface area contributed by atoms with Gasteiger partial charge in [0.2, 0.25) is 5.89 Å². The third-order valence-corrected chi connectivity index (χ3v) is 4.03. The third-order valence-electron chi connectivity index (χ3n) is 3.79. The molecule has 1 aromatic heterocycles. The SMILES string of the molecule is CC(C)OCc1coc(-c2cc(Cl)ccc2OC(C=O)c2ccccc2)n1. The fourth-order valence-corrected chi connectivity index (χ4v) is 2.65. The molecule has 0 aliphatic rings. The second kappa shape index (κ2) is 8.84. The van der Waals surface area contributed by atoms with Crippen LogP contribution in [0.5, 0.6) is 5.75 Å². The average molecular weight is 386 g/mol. The normalized spacial score (nSPS) is 12.1. The second-order valence-electron chi connectivity index (χ2n) is 6.23. The summed E-state index contributed by atoms with van der Waals surface area (Å²) in [5.74, 6) is 0.811. The topological polar surface area (TPSA) is 61.6 Å². The van der Waals surface area contributed by atoms with Crippen LogP contribution in [0.15, 0.2) is 59.2 Å². The van der Waals surface area contributed by atoms with Crippen molar-refractivity contribution in [2.24, 2.45) is 0 Å². The van der Waals surface area contributed by atoms with Crippen molar-refractivity contribution >= 4 is 17.9 Å². The van der Waals surface area contributed by atoms with Gasteiger partial charge in [-0.15, -0.1) is 0 Å². The number of rotatable bonds is 8. The van der Waals surface area contributed by atoms with E-state index in [-0.39, 0.29) is 6.10 Å². The summed E-state index contributed by atoms with van der Waals surface area (Å²) < 4.78 is 17.1. The van der Waals surface area contributed by atoms with E-state index in [4.69, 9.17) is 25.5 Å². The Balaban J connectivity index is 1.88. The van der Waals surface area contributed by atoms with Crippen molar-refractivity contribution in [3.8, 4) is 17.2 Å². The molecular weight excluding hydrogens is 366 g/mol. The highest BCUT2D eigenvalue weighted by Crippen LogP contribution is 2.34. The van der Waals surface area contributed by atoms with Crippen LogP contribution in [0, 0.1) is 0 Å². The van der Waals surface area contributed by atoms with Gasteiger partial charge in [-0.1, -0.05) is 41.9 Å². The van der Waals surface area contributed by atoms with Gasteiger partial charge in [-0.25, -0.2) is 4.98 Å². The molecule has 0 aliphatic carbocycles. The van der Waals surface area contributed by atoms with Gasteiger partial charge in [0, 0.05) is 5.02 Å². The number of oxazole rings is 1. The summed E-state index contributed by atoms with van der Waals surface area (Å²) in [6.45, 7) is 4.25. The maximum Gasteiger partial charge on any atom is 0.230 e. The van der Waals surface area contributed by atoms with E-state index >= 15 is 0 Å². The maximum atomic E-state index is 11.6. The largest absolute Gasteiger partial charge is 0.477 e. The molecule has 0 radical (unpaired) electrons. The molecule has 3 aromatic rings. The number of aldehydes is 1. The molecule has 0 fully saturated rings. The predicted molar refractivity (Wildman–Crippen MR) is 103 cm³/mol. The van der Waals surface area contributed by atoms with Crippen molar-refractivity contribution in [3.05, 3.63) is 71.1 Å². The Hall–Kier alpha value is -2.63. The van der Waals surface area contributed by atoms with E-state index < -0.39 is 6.10 Å². The van der Waals surface area contributed by atoms with E-state index in [9.17, 15) is 4.79 Å². The lowest BCUT2D eigenvalue weighted by Crippen LogP contribution is -2.09. The monoisotopic (exact) mass is 385 g/mol. The molecule has 1 heterocycles. The predicted octanol–water partition coefficient (Wildman–Crippen LogP) is 5.24. The first-order valence-corrected chi connectivity index (χ1v) is 8.97. The number of hydrogen-bond donors (Lipinski definition) is 0. The van der Waals surface area contributed by atoms with Crippen LogP contribution >= 0.6 is 11.6 Å². The molecule has 140 valence electrons. The van der Waals surface area contributed by atoms with E-state index in [0.717, 1.165) is 11.8 Å². The van der Waals surface area contributed by atoms with Gasteiger partial charge >= 0.3 is 0 Å². The van der Waals surface area contributed by atoms with Crippen molar-refractivity contribution in [1.82, 2.24) is 4.98 Å². The summed E-state index contributed by atoms with van der Waals surface area (Å²) in [6.07, 6.45) is 1.64. The van der Waals surface area contributed by atoms with E-state index in [1.807, 2.05) is 44.2 Å². The van der Waals surface area contributed by atoms with Crippen molar-refractivity contribution in [2.75, 3.05) is 0 Å². The Morgan fingerprint density at radius 2 is 1.96 bits per heavy atom. The van der Waals surface area contributed by atoms with Gasteiger partial charge in [-0.2, -0.15) is 0 Å². The molecule has 0 saturated heterocycles. The van der Waals surface area contributed by atoms with Crippen LogP contribution in [0.3, 0.4) is 0 Å². The molecule has 1 atom stereocenters. The summed E-state index contributed by atoms with van der Waals surface area (Å²) in [6, 6.07) is 14.3. The zero-order valence-electron chi connectivity index (χ0n) is 15.1. The fraction of sp³-hybridized carbons (Fsp3) is 0.238. The van der Waals surface area contributed by atoms with E-state index in [1.54, 1.807) is 18.2 Å². The summed E-state index contributed by atoms with van der Waals surface area (Å²) >= 11 is 6.14. The highest BCUT2D eigenvalue weighted by molar-refractivity contribution is 6.30. The summed E-state index contributed by atoms with van der Waals surface area (Å²) in [4.78, 5) is 16.0. The molecule has 0 aliphatic heterocycles. The fourth-order valence-electron chi connectivity index (χ4n) is 2.48. The maximum absolute atomic E-state index is 11.6. The average Bonchev–Trinajstić information content (AvgIpc) is 3.15. The first-order chi connectivity index (χ1) is 13.1. The second-order valence-corrected chi connectivity index (χ2v) is 6.67. The van der Waals surface area contributed by atoms with E-state index in [0.29, 0.717) is 34.5 Å². The summed E-state index contributed by atoms with van der Waals surface area (Å²) in [5.41, 5.74) is 1.99. The first-order valence-electron chi connectivity index (χ1n) is 8.59. The Labute approximate surface area is 162 Å². The number of carbonyl (C=O) groups is 1. The number of hydrogen-bond acceptors (Lipinski definition) is 5. The zero-order chi connectivity index (χ0) is 19.2. The van der Waals surface area contributed by atoms with Crippen LogP contribution in [-0.4, -0.2) is 17.4 Å². The highest BCUT2D eigenvalue weighted by Gasteiger charge is 2.18. The van der Waals surface area contributed by atoms with Gasteiger partial charge in [-0.3, -0.25) is 4.79 Å². The molecule has 0 amide bonds. The lowest BCUT2D eigenvalue weighted by Gasteiger charge is -2.16.